The molecule has 3 heteroatoms. The van der Waals surface area contributed by atoms with Gasteiger partial charge in [-0.25, -0.2) is 0 Å². The number of thiophene rings is 1. The summed E-state index contributed by atoms with van der Waals surface area (Å²) in [5, 5.41) is 7.95. The van der Waals surface area contributed by atoms with Gasteiger partial charge in [-0.15, -0.1) is 11.3 Å². The van der Waals surface area contributed by atoms with E-state index in [1.54, 1.807) is 0 Å². The molecule has 0 radical (unpaired) electrons. The number of benzene rings is 6. The molecule has 6 aromatic carbocycles. The summed E-state index contributed by atoms with van der Waals surface area (Å²) in [4.78, 5) is 6.02. The second-order valence-corrected chi connectivity index (χ2v) is 10.2. The van der Waals surface area contributed by atoms with Crippen LogP contribution in [-0.2, 0) is 0 Å². The zero-order valence-corrected chi connectivity index (χ0v) is 19.6. The molecule has 2 nitrogen and oxygen atoms in total. The number of aromatic amines is 1. The molecule has 0 saturated heterocycles. The molecule has 0 atom stereocenters. The smallest absolute Gasteiger partial charge is 0.0478 e. The van der Waals surface area contributed by atoms with E-state index in [1.165, 1.54) is 52.8 Å². The van der Waals surface area contributed by atoms with Gasteiger partial charge in [-0.1, -0.05) is 60.7 Å². The third kappa shape index (κ3) is 2.70. The third-order valence-corrected chi connectivity index (χ3v) is 8.33. The number of anilines is 3. The van der Waals surface area contributed by atoms with E-state index in [2.05, 4.69) is 125 Å². The van der Waals surface area contributed by atoms with Crippen molar-refractivity contribution < 1.29 is 0 Å². The van der Waals surface area contributed by atoms with Crippen LogP contribution in [0.25, 0.3) is 52.8 Å². The largest absolute Gasteiger partial charge is 0.354 e. The van der Waals surface area contributed by atoms with Gasteiger partial charge < -0.3 is 9.88 Å². The van der Waals surface area contributed by atoms with E-state index in [1.807, 2.05) is 11.3 Å². The monoisotopic (exact) mass is 464 g/mol. The van der Waals surface area contributed by atoms with Crippen molar-refractivity contribution in [2.24, 2.45) is 0 Å². The fraction of sp³-hybridized carbons (Fsp3) is 0. The van der Waals surface area contributed by atoms with Crippen molar-refractivity contribution in [3.05, 3.63) is 115 Å². The Morgan fingerprint density at radius 3 is 2.06 bits per heavy atom. The number of aromatic nitrogens is 1. The van der Waals surface area contributed by atoms with Crippen molar-refractivity contribution >= 4 is 81.1 Å². The molecule has 8 rings (SSSR count). The summed E-state index contributed by atoms with van der Waals surface area (Å²) < 4.78 is 2.68. The Bertz CT molecular complexity index is 1960. The van der Waals surface area contributed by atoms with Crippen molar-refractivity contribution in [1.29, 1.82) is 0 Å². The zero-order valence-electron chi connectivity index (χ0n) is 18.8. The maximum absolute atomic E-state index is 3.69. The van der Waals surface area contributed by atoms with Crippen LogP contribution in [0.5, 0.6) is 0 Å². The first kappa shape index (κ1) is 19.0. The van der Waals surface area contributed by atoms with E-state index in [4.69, 9.17) is 0 Å². The lowest BCUT2D eigenvalue weighted by Gasteiger charge is -2.25. The van der Waals surface area contributed by atoms with Crippen LogP contribution in [0.4, 0.5) is 17.1 Å². The molecule has 0 amide bonds. The van der Waals surface area contributed by atoms with Crippen molar-refractivity contribution in [3.8, 4) is 0 Å². The molecule has 0 saturated carbocycles. The van der Waals surface area contributed by atoms with Crippen LogP contribution in [0, 0.1) is 0 Å². The minimum absolute atomic E-state index is 1.15. The molecule has 0 spiro atoms. The first-order valence-corrected chi connectivity index (χ1v) is 12.7. The summed E-state index contributed by atoms with van der Waals surface area (Å²) in [7, 11) is 0. The highest BCUT2D eigenvalue weighted by Crippen LogP contribution is 2.46. The summed E-state index contributed by atoms with van der Waals surface area (Å²) in [6.07, 6.45) is 0. The van der Waals surface area contributed by atoms with Crippen LogP contribution in [-0.4, -0.2) is 4.98 Å². The van der Waals surface area contributed by atoms with E-state index in [9.17, 15) is 0 Å². The number of fused-ring (bicyclic) bond motifs is 4. The van der Waals surface area contributed by atoms with Crippen molar-refractivity contribution in [2.75, 3.05) is 4.90 Å². The molecule has 2 heterocycles. The highest BCUT2D eigenvalue weighted by atomic mass is 32.1. The fourth-order valence-electron chi connectivity index (χ4n) is 5.60. The molecular formula is C32H20N2S. The van der Waals surface area contributed by atoms with E-state index in [0.717, 1.165) is 17.1 Å². The Labute approximate surface area is 206 Å². The van der Waals surface area contributed by atoms with E-state index < -0.39 is 0 Å². The van der Waals surface area contributed by atoms with Gasteiger partial charge in [0.1, 0.15) is 0 Å². The quantitative estimate of drug-likeness (QED) is 0.258. The van der Waals surface area contributed by atoms with Crippen LogP contribution >= 0.6 is 11.3 Å². The summed E-state index contributed by atoms with van der Waals surface area (Å²) >= 11 is 1.90. The van der Waals surface area contributed by atoms with Crippen molar-refractivity contribution in [1.82, 2.24) is 4.98 Å². The Morgan fingerprint density at radius 2 is 1.29 bits per heavy atom. The number of nitrogens with one attached hydrogen (secondary N) is 1. The van der Waals surface area contributed by atoms with E-state index in [-0.39, 0.29) is 0 Å². The Morgan fingerprint density at radius 1 is 0.514 bits per heavy atom. The zero-order chi connectivity index (χ0) is 22.9. The number of nitrogens with zero attached hydrogens (tertiary/aromatic N) is 1. The normalized spacial score (nSPS) is 12.0. The average molecular weight is 465 g/mol. The number of rotatable bonds is 3. The van der Waals surface area contributed by atoms with E-state index >= 15 is 0 Å². The van der Waals surface area contributed by atoms with Crippen LogP contribution in [0.2, 0.25) is 0 Å². The molecule has 1 N–H and O–H groups in total. The standard InChI is InChI=1S/C32H20N2S/c1-3-9-21(10-4-1)34(22-11-5-2-6-12-22)23-15-17-29-25(18-23)26-19-28-31-24(32(26)35-29)16-14-20-8-7-13-27(33-28)30(20)31/h1-19,33H. The lowest BCUT2D eigenvalue weighted by Crippen LogP contribution is -2.09. The molecule has 8 aromatic rings. The average Bonchev–Trinajstić information content (AvgIpc) is 3.47. The maximum atomic E-state index is 3.69. The van der Waals surface area contributed by atoms with Gasteiger partial charge in [-0.3, -0.25) is 0 Å². The summed E-state index contributed by atoms with van der Waals surface area (Å²) in [6.45, 7) is 0. The molecule has 0 unspecified atom stereocenters. The van der Waals surface area contributed by atoms with Crippen LogP contribution < -0.4 is 4.90 Å². The topological polar surface area (TPSA) is 19.0 Å². The summed E-state index contributed by atoms with van der Waals surface area (Å²) in [5.74, 6) is 0. The number of hydrogen-bond donors (Lipinski definition) is 1. The second kappa shape index (κ2) is 7.08. The van der Waals surface area contributed by atoms with Gasteiger partial charge >= 0.3 is 0 Å². The lowest BCUT2D eigenvalue weighted by atomic mass is 10.00. The molecule has 164 valence electrons. The van der Waals surface area contributed by atoms with Gasteiger partial charge in [0.15, 0.2) is 0 Å². The van der Waals surface area contributed by atoms with Crippen LogP contribution in [0.3, 0.4) is 0 Å². The predicted molar refractivity (Wildman–Crippen MR) is 152 cm³/mol. The van der Waals surface area contributed by atoms with Gasteiger partial charge in [0, 0.05) is 64.4 Å². The molecule has 0 aliphatic heterocycles. The maximum Gasteiger partial charge on any atom is 0.0478 e. The van der Waals surface area contributed by atoms with Crippen molar-refractivity contribution in [3.63, 3.8) is 0 Å². The second-order valence-electron chi connectivity index (χ2n) is 9.11. The minimum atomic E-state index is 1.15. The number of hydrogen-bond acceptors (Lipinski definition) is 2. The predicted octanol–water partition coefficient (Wildman–Crippen LogP) is 9.75. The van der Waals surface area contributed by atoms with Crippen molar-refractivity contribution in [2.45, 2.75) is 0 Å². The van der Waals surface area contributed by atoms with Gasteiger partial charge in [0.25, 0.3) is 0 Å². The first-order chi connectivity index (χ1) is 17.3. The molecule has 0 aliphatic rings. The Hall–Kier alpha value is -4.34. The lowest BCUT2D eigenvalue weighted by molar-refractivity contribution is 1.29. The van der Waals surface area contributed by atoms with Gasteiger partial charge in [0.05, 0.1) is 0 Å². The Balaban J connectivity index is 1.43. The minimum Gasteiger partial charge on any atom is -0.354 e. The van der Waals surface area contributed by atoms with Gasteiger partial charge in [-0.2, -0.15) is 0 Å². The molecule has 35 heavy (non-hydrogen) atoms. The molecule has 0 aliphatic carbocycles. The number of para-hydroxylation sites is 2. The highest BCUT2D eigenvalue weighted by Gasteiger charge is 2.18. The van der Waals surface area contributed by atoms with E-state index in [0.29, 0.717) is 0 Å². The Kier molecular flexibility index (Phi) is 3.85. The van der Waals surface area contributed by atoms with Gasteiger partial charge in [-0.05, 0) is 60.0 Å². The first-order valence-electron chi connectivity index (χ1n) is 11.9. The van der Waals surface area contributed by atoms with Crippen LogP contribution in [0.1, 0.15) is 0 Å². The molecule has 0 fully saturated rings. The molecule has 2 aromatic heterocycles. The van der Waals surface area contributed by atoms with Gasteiger partial charge in [0.2, 0.25) is 0 Å². The molecular weight excluding hydrogens is 444 g/mol. The van der Waals surface area contributed by atoms with Crippen LogP contribution in [0.15, 0.2) is 115 Å². The molecule has 0 bridgehead atoms. The SMILES string of the molecule is c1ccc(N(c2ccccc2)c2ccc3sc4c(cc5[nH]c6cccc7ccc4c5c76)c3c2)cc1. The highest BCUT2D eigenvalue weighted by molar-refractivity contribution is 7.26. The summed E-state index contributed by atoms with van der Waals surface area (Å²) in [5.41, 5.74) is 5.90. The number of H-pyrrole nitrogens is 1. The fourth-order valence-corrected chi connectivity index (χ4v) is 6.79. The third-order valence-electron chi connectivity index (χ3n) is 7.11. The summed E-state index contributed by atoms with van der Waals surface area (Å²) in [6, 6.07) is 41.5.